The standard InChI is InChI=1S/C23H24N2O4/c1-24(2)18-11-9-17(10-12-18)14-25(15-19-6-5-13-27-19)23(26)22-16-28-20-7-3-4-8-21(20)29-22/h3-13,22H,14-16H2,1-2H3/t22-/m1/s1. The summed E-state index contributed by atoms with van der Waals surface area (Å²) in [5.41, 5.74) is 2.14. The number of nitrogens with zero attached hydrogens (tertiary/aromatic N) is 2. The van der Waals surface area contributed by atoms with E-state index in [1.807, 2.05) is 79.7 Å². The summed E-state index contributed by atoms with van der Waals surface area (Å²) in [5.74, 6) is 1.84. The first-order valence-electron chi connectivity index (χ1n) is 9.56. The van der Waals surface area contributed by atoms with Crippen LogP contribution in [0.1, 0.15) is 11.3 Å². The summed E-state index contributed by atoms with van der Waals surface area (Å²) in [5, 5.41) is 0. The van der Waals surface area contributed by atoms with Crippen molar-refractivity contribution in [3.8, 4) is 11.5 Å². The van der Waals surface area contributed by atoms with Gasteiger partial charge >= 0.3 is 0 Å². The average Bonchev–Trinajstić information content (AvgIpc) is 3.26. The molecular formula is C23H24N2O4. The van der Waals surface area contributed by atoms with Crippen LogP contribution < -0.4 is 14.4 Å². The molecule has 3 aromatic rings. The van der Waals surface area contributed by atoms with Crippen molar-refractivity contribution >= 4 is 11.6 Å². The van der Waals surface area contributed by atoms with E-state index >= 15 is 0 Å². The van der Waals surface area contributed by atoms with Crippen LogP contribution in [0.4, 0.5) is 5.69 Å². The van der Waals surface area contributed by atoms with Crippen molar-refractivity contribution in [2.24, 2.45) is 0 Å². The fraction of sp³-hybridized carbons (Fsp3) is 0.261. The number of carbonyl (C=O) groups is 1. The second kappa shape index (κ2) is 8.31. The van der Waals surface area contributed by atoms with E-state index in [-0.39, 0.29) is 12.5 Å². The number of anilines is 1. The Balaban J connectivity index is 1.53. The lowest BCUT2D eigenvalue weighted by atomic mass is 10.1. The Kier molecular flexibility index (Phi) is 5.42. The Morgan fingerprint density at radius 3 is 2.41 bits per heavy atom. The van der Waals surface area contributed by atoms with Crippen LogP contribution in [0.2, 0.25) is 0 Å². The Hall–Kier alpha value is -3.41. The molecule has 0 bridgehead atoms. The van der Waals surface area contributed by atoms with Gasteiger partial charge in [-0.25, -0.2) is 0 Å². The predicted octanol–water partition coefficient (Wildman–Crippen LogP) is 3.71. The SMILES string of the molecule is CN(C)c1ccc(CN(Cc2ccco2)C(=O)[C@H]2COc3ccccc3O2)cc1. The van der Waals surface area contributed by atoms with E-state index in [2.05, 4.69) is 0 Å². The van der Waals surface area contributed by atoms with Crippen molar-refractivity contribution in [2.45, 2.75) is 19.2 Å². The van der Waals surface area contributed by atoms with E-state index in [9.17, 15) is 4.79 Å². The van der Waals surface area contributed by atoms with E-state index in [1.54, 1.807) is 11.2 Å². The Labute approximate surface area is 170 Å². The molecule has 0 unspecified atom stereocenters. The van der Waals surface area contributed by atoms with Gasteiger partial charge in [-0.15, -0.1) is 0 Å². The van der Waals surface area contributed by atoms with Crippen molar-refractivity contribution < 1.29 is 18.7 Å². The van der Waals surface area contributed by atoms with E-state index in [4.69, 9.17) is 13.9 Å². The summed E-state index contributed by atoms with van der Waals surface area (Å²) < 4.78 is 17.1. The Morgan fingerprint density at radius 1 is 0.966 bits per heavy atom. The zero-order valence-corrected chi connectivity index (χ0v) is 16.6. The predicted molar refractivity (Wildman–Crippen MR) is 110 cm³/mol. The molecule has 0 saturated heterocycles. The van der Waals surface area contributed by atoms with Crippen molar-refractivity contribution in [3.63, 3.8) is 0 Å². The highest BCUT2D eigenvalue weighted by Gasteiger charge is 2.31. The minimum atomic E-state index is -0.694. The van der Waals surface area contributed by atoms with Gasteiger partial charge in [0.2, 0.25) is 6.10 Å². The number of amides is 1. The lowest BCUT2D eigenvalue weighted by Gasteiger charge is -2.30. The van der Waals surface area contributed by atoms with Crippen molar-refractivity contribution in [2.75, 3.05) is 25.6 Å². The number of ether oxygens (including phenoxy) is 2. The number of benzene rings is 2. The minimum absolute atomic E-state index is 0.132. The van der Waals surface area contributed by atoms with Crippen LogP contribution in [-0.2, 0) is 17.9 Å². The second-order valence-electron chi connectivity index (χ2n) is 7.20. The van der Waals surface area contributed by atoms with Crippen molar-refractivity contribution in [1.82, 2.24) is 4.90 Å². The molecule has 6 heteroatoms. The van der Waals surface area contributed by atoms with E-state index in [0.29, 0.717) is 24.6 Å². The van der Waals surface area contributed by atoms with Crippen LogP contribution >= 0.6 is 0 Å². The molecular weight excluding hydrogens is 368 g/mol. The number of carbonyl (C=O) groups excluding carboxylic acids is 1. The number of rotatable bonds is 6. The fourth-order valence-corrected chi connectivity index (χ4v) is 3.27. The molecule has 0 fully saturated rings. The number of hydrogen-bond donors (Lipinski definition) is 0. The van der Waals surface area contributed by atoms with Gasteiger partial charge in [0, 0.05) is 26.3 Å². The largest absolute Gasteiger partial charge is 0.485 e. The van der Waals surface area contributed by atoms with Crippen LogP contribution in [0.25, 0.3) is 0 Å². The molecule has 1 aliphatic heterocycles. The van der Waals surface area contributed by atoms with Gasteiger partial charge in [-0.1, -0.05) is 24.3 Å². The van der Waals surface area contributed by atoms with Crippen LogP contribution in [-0.4, -0.2) is 37.6 Å². The van der Waals surface area contributed by atoms with Gasteiger partial charge in [0.1, 0.15) is 12.4 Å². The number of hydrogen-bond acceptors (Lipinski definition) is 5. The van der Waals surface area contributed by atoms with E-state index in [1.165, 1.54) is 0 Å². The maximum atomic E-state index is 13.3. The molecule has 150 valence electrons. The molecule has 2 aromatic carbocycles. The molecule has 2 heterocycles. The van der Waals surface area contributed by atoms with Crippen LogP contribution in [0.5, 0.6) is 11.5 Å². The van der Waals surface area contributed by atoms with Crippen LogP contribution in [0, 0.1) is 0 Å². The van der Waals surface area contributed by atoms with Gasteiger partial charge < -0.3 is 23.7 Å². The number of fused-ring (bicyclic) bond motifs is 1. The number of furan rings is 1. The molecule has 0 N–H and O–H groups in total. The summed E-state index contributed by atoms with van der Waals surface area (Å²) >= 11 is 0. The van der Waals surface area contributed by atoms with E-state index < -0.39 is 6.10 Å². The first-order chi connectivity index (χ1) is 14.1. The highest BCUT2D eigenvalue weighted by molar-refractivity contribution is 5.82. The highest BCUT2D eigenvalue weighted by atomic mass is 16.6. The first kappa shape index (κ1) is 18.9. The molecule has 0 spiro atoms. The zero-order chi connectivity index (χ0) is 20.2. The Bertz CT molecular complexity index is 951. The van der Waals surface area contributed by atoms with Crippen molar-refractivity contribution in [3.05, 3.63) is 78.3 Å². The number of para-hydroxylation sites is 2. The Morgan fingerprint density at radius 2 is 1.72 bits per heavy atom. The van der Waals surface area contributed by atoms with Crippen LogP contribution in [0.15, 0.2) is 71.3 Å². The third-order valence-electron chi connectivity index (χ3n) is 4.85. The lowest BCUT2D eigenvalue weighted by molar-refractivity contribution is -0.142. The molecule has 0 aliphatic carbocycles. The minimum Gasteiger partial charge on any atom is -0.485 e. The third-order valence-corrected chi connectivity index (χ3v) is 4.85. The quantitative estimate of drug-likeness (QED) is 0.640. The van der Waals surface area contributed by atoms with Gasteiger partial charge in [0.15, 0.2) is 11.5 Å². The zero-order valence-electron chi connectivity index (χ0n) is 16.6. The summed E-state index contributed by atoms with van der Waals surface area (Å²) in [6, 6.07) is 19.2. The van der Waals surface area contributed by atoms with Gasteiger partial charge in [-0.2, -0.15) is 0 Å². The average molecular weight is 392 g/mol. The molecule has 1 aromatic heterocycles. The molecule has 1 amide bonds. The lowest BCUT2D eigenvalue weighted by Crippen LogP contribution is -2.45. The summed E-state index contributed by atoms with van der Waals surface area (Å²) in [6.45, 7) is 1.00. The molecule has 1 atom stereocenters. The fourth-order valence-electron chi connectivity index (χ4n) is 3.27. The summed E-state index contributed by atoms with van der Waals surface area (Å²) in [7, 11) is 4.00. The molecule has 0 radical (unpaired) electrons. The molecule has 0 saturated carbocycles. The van der Waals surface area contributed by atoms with Gasteiger partial charge in [0.05, 0.1) is 12.8 Å². The maximum Gasteiger partial charge on any atom is 0.267 e. The second-order valence-corrected chi connectivity index (χ2v) is 7.20. The summed E-state index contributed by atoms with van der Waals surface area (Å²) in [4.78, 5) is 17.1. The van der Waals surface area contributed by atoms with Crippen molar-refractivity contribution in [1.29, 1.82) is 0 Å². The smallest absolute Gasteiger partial charge is 0.267 e. The molecule has 4 rings (SSSR count). The topological polar surface area (TPSA) is 55.2 Å². The van der Waals surface area contributed by atoms with Gasteiger partial charge in [0.25, 0.3) is 5.91 Å². The molecule has 1 aliphatic rings. The van der Waals surface area contributed by atoms with Gasteiger partial charge in [-0.3, -0.25) is 4.79 Å². The monoisotopic (exact) mass is 392 g/mol. The molecule has 6 nitrogen and oxygen atoms in total. The summed E-state index contributed by atoms with van der Waals surface area (Å²) in [6.07, 6.45) is 0.918. The van der Waals surface area contributed by atoms with E-state index in [0.717, 1.165) is 17.0 Å². The van der Waals surface area contributed by atoms with Gasteiger partial charge in [-0.05, 0) is 42.0 Å². The maximum absolute atomic E-state index is 13.3. The highest BCUT2D eigenvalue weighted by Crippen LogP contribution is 2.31. The normalized spacial score (nSPS) is 15.0. The molecule has 29 heavy (non-hydrogen) atoms. The first-order valence-corrected chi connectivity index (χ1v) is 9.56. The van der Waals surface area contributed by atoms with Crippen LogP contribution in [0.3, 0.4) is 0 Å². The third kappa shape index (κ3) is 4.37.